The van der Waals surface area contributed by atoms with Gasteiger partial charge in [0.2, 0.25) is 0 Å². The molecule has 0 atom stereocenters. The summed E-state index contributed by atoms with van der Waals surface area (Å²) in [4.78, 5) is 27.7. The van der Waals surface area contributed by atoms with Crippen LogP contribution in [-0.4, -0.2) is 36.3 Å². The van der Waals surface area contributed by atoms with Crippen LogP contribution in [0.1, 0.15) is 5.56 Å². The molecular formula is C16H20N4O4. The molecule has 1 aromatic heterocycles. The Morgan fingerprint density at radius 1 is 1.25 bits per heavy atom. The van der Waals surface area contributed by atoms with Gasteiger partial charge in [-0.2, -0.15) is 0 Å². The van der Waals surface area contributed by atoms with Crippen molar-refractivity contribution in [2.24, 2.45) is 0 Å². The maximum atomic E-state index is 11.9. The lowest BCUT2D eigenvalue weighted by atomic mass is 10.3. The van der Waals surface area contributed by atoms with E-state index in [4.69, 9.17) is 9.47 Å². The van der Waals surface area contributed by atoms with Crippen LogP contribution in [0.5, 0.6) is 11.5 Å². The molecule has 0 radical (unpaired) electrons. The normalized spacial score (nSPS) is 10.1. The van der Waals surface area contributed by atoms with Crippen molar-refractivity contribution >= 4 is 11.7 Å². The van der Waals surface area contributed by atoms with Crippen LogP contribution in [0, 0.1) is 6.92 Å². The Kier molecular flexibility index (Phi) is 5.78. The summed E-state index contributed by atoms with van der Waals surface area (Å²) in [7, 11) is 3.06. The van der Waals surface area contributed by atoms with E-state index in [0.29, 0.717) is 35.8 Å². The van der Waals surface area contributed by atoms with Gasteiger partial charge in [-0.25, -0.2) is 9.78 Å². The molecule has 2 N–H and O–H groups in total. The van der Waals surface area contributed by atoms with Crippen LogP contribution in [0.2, 0.25) is 0 Å². The van der Waals surface area contributed by atoms with Crippen LogP contribution >= 0.6 is 0 Å². The number of urea groups is 1. The van der Waals surface area contributed by atoms with Gasteiger partial charge >= 0.3 is 6.03 Å². The van der Waals surface area contributed by atoms with E-state index in [-0.39, 0.29) is 11.6 Å². The van der Waals surface area contributed by atoms with Gasteiger partial charge < -0.3 is 20.1 Å². The molecule has 2 rings (SSSR count). The Hall–Kier alpha value is -3.03. The number of nitrogens with one attached hydrogen (secondary N) is 2. The standard InChI is InChI=1S/C16H20N4O4/c1-11-9-17-10-20(15(11)21)7-6-18-16(22)19-12-4-5-13(23-2)14(8-12)24-3/h4-5,8-10H,6-7H2,1-3H3,(H2,18,19,22). The fraction of sp³-hybridized carbons (Fsp3) is 0.312. The average Bonchev–Trinajstić information content (AvgIpc) is 2.58. The molecule has 0 unspecified atom stereocenters. The molecule has 8 heteroatoms. The zero-order valence-electron chi connectivity index (χ0n) is 13.8. The summed E-state index contributed by atoms with van der Waals surface area (Å²) >= 11 is 0. The highest BCUT2D eigenvalue weighted by molar-refractivity contribution is 5.89. The lowest BCUT2D eigenvalue weighted by Crippen LogP contribution is -2.34. The van der Waals surface area contributed by atoms with E-state index >= 15 is 0 Å². The molecule has 0 bridgehead atoms. The summed E-state index contributed by atoms with van der Waals surface area (Å²) in [5.41, 5.74) is 1.01. The summed E-state index contributed by atoms with van der Waals surface area (Å²) in [6, 6.07) is 4.69. The van der Waals surface area contributed by atoms with Crippen molar-refractivity contribution in [1.29, 1.82) is 0 Å². The number of aryl methyl sites for hydroxylation is 1. The number of hydrogen-bond acceptors (Lipinski definition) is 5. The highest BCUT2D eigenvalue weighted by Gasteiger charge is 2.07. The number of benzene rings is 1. The summed E-state index contributed by atoms with van der Waals surface area (Å²) in [6.45, 7) is 2.33. The van der Waals surface area contributed by atoms with Crippen LogP contribution in [0.15, 0.2) is 35.5 Å². The van der Waals surface area contributed by atoms with E-state index in [1.54, 1.807) is 32.2 Å². The topological polar surface area (TPSA) is 94.5 Å². The van der Waals surface area contributed by atoms with Crippen LogP contribution in [-0.2, 0) is 6.54 Å². The van der Waals surface area contributed by atoms with E-state index < -0.39 is 0 Å². The third-order valence-corrected chi connectivity index (χ3v) is 3.35. The van der Waals surface area contributed by atoms with Crippen molar-refractivity contribution in [1.82, 2.24) is 14.9 Å². The summed E-state index contributed by atoms with van der Waals surface area (Å²) < 4.78 is 11.8. The maximum Gasteiger partial charge on any atom is 0.319 e. The number of ether oxygens (including phenoxy) is 2. The number of amides is 2. The highest BCUT2D eigenvalue weighted by Crippen LogP contribution is 2.29. The van der Waals surface area contributed by atoms with Gasteiger partial charge in [0.05, 0.1) is 20.5 Å². The number of methoxy groups -OCH3 is 2. The monoisotopic (exact) mass is 332 g/mol. The molecule has 24 heavy (non-hydrogen) atoms. The first kappa shape index (κ1) is 17.3. The molecule has 1 aromatic carbocycles. The van der Waals surface area contributed by atoms with Crippen molar-refractivity contribution in [3.63, 3.8) is 0 Å². The molecule has 8 nitrogen and oxygen atoms in total. The molecule has 128 valence electrons. The number of anilines is 1. The van der Waals surface area contributed by atoms with Crippen molar-refractivity contribution in [3.8, 4) is 11.5 Å². The van der Waals surface area contributed by atoms with Gasteiger partial charge in [-0.3, -0.25) is 9.36 Å². The van der Waals surface area contributed by atoms with E-state index in [0.717, 1.165) is 0 Å². The second-order valence-electron chi connectivity index (χ2n) is 5.03. The predicted octanol–water partition coefficient (Wildman–Crippen LogP) is 1.39. The van der Waals surface area contributed by atoms with Crippen molar-refractivity contribution in [2.75, 3.05) is 26.1 Å². The smallest absolute Gasteiger partial charge is 0.319 e. The Bertz CT molecular complexity index is 773. The Balaban J connectivity index is 1.89. The maximum absolute atomic E-state index is 11.9. The molecule has 0 spiro atoms. The van der Waals surface area contributed by atoms with Gasteiger partial charge in [-0.05, 0) is 19.1 Å². The Labute approximate surface area is 139 Å². The minimum Gasteiger partial charge on any atom is -0.493 e. The molecular weight excluding hydrogens is 312 g/mol. The fourth-order valence-electron chi connectivity index (χ4n) is 2.10. The SMILES string of the molecule is COc1ccc(NC(=O)NCCn2cncc(C)c2=O)cc1OC. The number of carbonyl (C=O) groups excluding carboxylic acids is 1. The van der Waals surface area contributed by atoms with E-state index in [1.807, 2.05) is 0 Å². The first-order valence-electron chi connectivity index (χ1n) is 7.33. The summed E-state index contributed by atoms with van der Waals surface area (Å²) in [5, 5.41) is 5.37. The Morgan fingerprint density at radius 2 is 2.00 bits per heavy atom. The van der Waals surface area contributed by atoms with Crippen molar-refractivity contribution in [3.05, 3.63) is 46.6 Å². The second kappa shape index (κ2) is 8.00. The summed E-state index contributed by atoms with van der Waals surface area (Å²) in [5.74, 6) is 1.10. The van der Waals surface area contributed by atoms with Gasteiger partial charge in [-0.15, -0.1) is 0 Å². The van der Waals surface area contributed by atoms with E-state index in [1.165, 1.54) is 24.2 Å². The summed E-state index contributed by atoms with van der Waals surface area (Å²) in [6.07, 6.45) is 2.96. The molecule has 0 aliphatic rings. The molecule has 0 aliphatic heterocycles. The Morgan fingerprint density at radius 3 is 2.71 bits per heavy atom. The largest absolute Gasteiger partial charge is 0.493 e. The number of rotatable bonds is 6. The highest BCUT2D eigenvalue weighted by atomic mass is 16.5. The minimum absolute atomic E-state index is 0.118. The second-order valence-corrected chi connectivity index (χ2v) is 5.03. The van der Waals surface area contributed by atoms with Crippen molar-refractivity contribution < 1.29 is 14.3 Å². The molecule has 0 fully saturated rings. The third kappa shape index (κ3) is 4.25. The lowest BCUT2D eigenvalue weighted by Gasteiger charge is -2.11. The number of hydrogen-bond donors (Lipinski definition) is 2. The van der Waals surface area contributed by atoms with Gasteiger partial charge in [-0.1, -0.05) is 0 Å². The van der Waals surface area contributed by atoms with E-state index in [9.17, 15) is 9.59 Å². The van der Waals surface area contributed by atoms with Gasteiger partial charge in [0.15, 0.2) is 11.5 Å². The zero-order chi connectivity index (χ0) is 17.5. The molecule has 1 heterocycles. The molecule has 0 saturated carbocycles. The molecule has 0 aliphatic carbocycles. The first-order valence-corrected chi connectivity index (χ1v) is 7.33. The van der Waals surface area contributed by atoms with Crippen LogP contribution in [0.25, 0.3) is 0 Å². The van der Waals surface area contributed by atoms with Gasteiger partial charge in [0.25, 0.3) is 5.56 Å². The van der Waals surface area contributed by atoms with Crippen LogP contribution < -0.4 is 25.7 Å². The molecule has 0 saturated heterocycles. The number of nitrogens with zero attached hydrogens (tertiary/aromatic N) is 2. The molecule has 2 aromatic rings. The molecule has 2 amide bonds. The van der Waals surface area contributed by atoms with Crippen LogP contribution in [0.4, 0.5) is 10.5 Å². The van der Waals surface area contributed by atoms with Crippen molar-refractivity contribution in [2.45, 2.75) is 13.5 Å². The lowest BCUT2D eigenvalue weighted by molar-refractivity contribution is 0.251. The zero-order valence-corrected chi connectivity index (χ0v) is 13.8. The van der Waals surface area contributed by atoms with Crippen LogP contribution in [0.3, 0.4) is 0 Å². The number of aromatic nitrogens is 2. The first-order chi connectivity index (χ1) is 11.5. The third-order valence-electron chi connectivity index (χ3n) is 3.35. The quantitative estimate of drug-likeness (QED) is 0.833. The van der Waals surface area contributed by atoms with Gasteiger partial charge in [0, 0.05) is 36.6 Å². The number of carbonyl (C=O) groups is 1. The van der Waals surface area contributed by atoms with E-state index in [2.05, 4.69) is 15.6 Å². The minimum atomic E-state index is -0.379. The average molecular weight is 332 g/mol. The fourth-order valence-corrected chi connectivity index (χ4v) is 2.10. The van der Waals surface area contributed by atoms with Gasteiger partial charge in [0.1, 0.15) is 0 Å². The predicted molar refractivity (Wildman–Crippen MR) is 89.8 cm³/mol.